The lowest BCUT2D eigenvalue weighted by molar-refractivity contribution is -0.138. The first-order chi connectivity index (χ1) is 15.0. The van der Waals surface area contributed by atoms with Crippen molar-refractivity contribution in [1.82, 2.24) is 14.9 Å². The normalized spacial score (nSPS) is 14.2. The summed E-state index contributed by atoms with van der Waals surface area (Å²) in [6, 6.07) is 5.38. The number of hydrogen-bond donors (Lipinski definition) is 3. The van der Waals surface area contributed by atoms with E-state index in [4.69, 9.17) is 5.11 Å². The molecule has 0 saturated heterocycles. The Balaban J connectivity index is 1.68. The van der Waals surface area contributed by atoms with Crippen molar-refractivity contribution in [3.8, 4) is 0 Å². The molecule has 2 heterocycles. The Labute approximate surface area is 186 Å². The average molecular weight is 479 g/mol. The summed E-state index contributed by atoms with van der Waals surface area (Å²) in [4.78, 5) is 59.1. The predicted octanol–water partition coefficient (Wildman–Crippen LogP) is 0.224. The van der Waals surface area contributed by atoms with Gasteiger partial charge in [-0.2, -0.15) is 0 Å². The van der Waals surface area contributed by atoms with Crippen LogP contribution in [0.1, 0.15) is 41.7 Å². The third-order valence-electron chi connectivity index (χ3n) is 4.57. The van der Waals surface area contributed by atoms with Gasteiger partial charge in [-0.15, -0.1) is 11.3 Å². The maximum Gasteiger partial charge on any atom is 0.305 e. The molecule has 0 bridgehead atoms. The lowest BCUT2D eigenvalue weighted by atomic mass is 10.1. The number of carbonyl (C=O) groups excluding carboxylic acids is 4. The van der Waals surface area contributed by atoms with Crippen molar-refractivity contribution in [3.05, 3.63) is 51.2 Å². The van der Waals surface area contributed by atoms with Crippen molar-refractivity contribution in [2.45, 2.75) is 23.9 Å². The highest BCUT2D eigenvalue weighted by molar-refractivity contribution is 7.89. The SMILES string of the molecule is CN1C(=O)c2ccc(S(=O)(=O)NCc3ccc(C(=O)N[C@H](C=O)CC(=O)O)s3)cc2C1=O. The first-order valence-electron chi connectivity index (χ1n) is 9.06. The molecule has 168 valence electrons. The van der Waals surface area contributed by atoms with Crippen LogP contribution in [0.4, 0.5) is 0 Å². The van der Waals surface area contributed by atoms with E-state index in [1.807, 2.05) is 0 Å². The van der Waals surface area contributed by atoms with Crippen molar-refractivity contribution in [3.63, 3.8) is 0 Å². The molecule has 0 unspecified atom stereocenters. The van der Waals surface area contributed by atoms with Crippen molar-refractivity contribution >= 4 is 51.3 Å². The van der Waals surface area contributed by atoms with Crippen LogP contribution in [0.3, 0.4) is 0 Å². The molecule has 32 heavy (non-hydrogen) atoms. The van der Waals surface area contributed by atoms with Crippen LogP contribution in [0.15, 0.2) is 35.2 Å². The second-order valence-corrected chi connectivity index (χ2v) is 9.72. The van der Waals surface area contributed by atoms with Crippen LogP contribution < -0.4 is 10.0 Å². The van der Waals surface area contributed by atoms with E-state index in [-0.39, 0.29) is 27.4 Å². The minimum atomic E-state index is -4.02. The molecular formula is C19H17N3O8S2. The summed E-state index contributed by atoms with van der Waals surface area (Å²) in [6.45, 7) is -0.156. The molecule has 0 spiro atoms. The quantitative estimate of drug-likeness (QED) is 0.339. The number of nitrogens with one attached hydrogen (secondary N) is 2. The van der Waals surface area contributed by atoms with Gasteiger partial charge in [-0.05, 0) is 30.3 Å². The maximum atomic E-state index is 12.6. The second kappa shape index (κ2) is 8.98. The summed E-state index contributed by atoms with van der Waals surface area (Å²) in [7, 11) is -2.72. The molecule has 1 aliphatic heterocycles. The molecule has 1 aromatic carbocycles. The highest BCUT2D eigenvalue weighted by atomic mass is 32.2. The summed E-state index contributed by atoms with van der Waals surface area (Å²) >= 11 is 0.962. The Hall–Kier alpha value is -3.42. The number of benzene rings is 1. The van der Waals surface area contributed by atoms with Gasteiger partial charge in [0.05, 0.1) is 33.4 Å². The van der Waals surface area contributed by atoms with E-state index in [1.54, 1.807) is 0 Å². The number of rotatable bonds is 9. The molecule has 3 rings (SSSR count). The van der Waals surface area contributed by atoms with Crippen LogP contribution >= 0.6 is 11.3 Å². The number of amides is 3. The number of imide groups is 1. The monoisotopic (exact) mass is 479 g/mol. The van der Waals surface area contributed by atoms with Crippen LogP contribution in [0.5, 0.6) is 0 Å². The van der Waals surface area contributed by atoms with Crippen LogP contribution in [-0.2, 0) is 26.2 Å². The topological polar surface area (TPSA) is 167 Å². The number of sulfonamides is 1. The molecule has 1 aromatic heterocycles. The predicted molar refractivity (Wildman–Crippen MR) is 111 cm³/mol. The molecule has 0 radical (unpaired) electrons. The summed E-state index contributed by atoms with van der Waals surface area (Å²) in [5, 5.41) is 11.0. The number of carbonyl (C=O) groups is 5. The number of aldehydes is 1. The number of fused-ring (bicyclic) bond motifs is 1. The van der Waals surface area contributed by atoms with Gasteiger partial charge in [0.15, 0.2) is 0 Å². The van der Waals surface area contributed by atoms with Gasteiger partial charge in [0.2, 0.25) is 10.0 Å². The first-order valence-corrected chi connectivity index (χ1v) is 11.4. The average Bonchev–Trinajstić information content (AvgIpc) is 3.31. The van der Waals surface area contributed by atoms with E-state index in [0.717, 1.165) is 22.3 Å². The van der Waals surface area contributed by atoms with Crippen LogP contribution in [0.25, 0.3) is 0 Å². The highest BCUT2D eigenvalue weighted by Gasteiger charge is 2.34. The number of carboxylic acid groups (broad SMARTS) is 1. The van der Waals surface area contributed by atoms with Crippen molar-refractivity contribution in [1.29, 1.82) is 0 Å². The highest BCUT2D eigenvalue weighted by Crippen LogP contribution is 2.25. The standard InChI is InChI=1S/C19H17N3O8S2/c1-22-18(27)13-4-3-12(7-14(13)19(22)28)32(29,30)20-8-11-2-5-15(31-11)17(26)21-10(9-23)6-16(24)25/h2-5,7,9-10,20H,6,8H2,1H3,(H,21,26)(H,24,25)/t10-/m0/s1. The van der Waals surface area contributed by atoms with Gasteiger partial charge in [-0.1, -0.05) is 0 Å². The van der Waals surface area contributed by atoms with Gasteiger partial charge in [-0.25, -0.2) is 13.1 Å². The molecule has 2 aromatic rings. The fourth-order valence-electron chi connectivity index (χ4n) is 2.91. The molecule has 3 N–H and O–H groups in total. The summed E-state index contributed by atoms with van der Waals surface area (Å²) in [6.07, 6.45) is -0.237. The Morgan fingerprint density at radius 2 is 1.84 bits per heavy atom. The van der Waals surface area contributed by atoms with Gasteiger partial charge >= 0.3 is 5.97 Å². The van der Waals surface area contributed by atoms with E-state index in [2.05, 4.69) is 10.0 Å². The molecule has 13 heteroatoms. The molecule has 1 aliphatic rings. The first kappa shape index (κ1) is 23.2. The van der Waals surface area contributed by atoms with E-state index < -0.39 is 46.2 Å². The fraction of sp³-hybridized carbons (Fsp3) is 0.211. The Morgan fingerprint density at radius 3 is 2.50 bits per heavy atom. The Kier molecular flexibility index (Phi) is 6.52. The molecule has 0 saturated carbocycles. The number of carboxylic acids is 1. The van der Waals surface area contributed by atoms with Gasteiger partial charge < -0.3 is 15.2 Å². The Morgan fingerprint density at radius 1 is 1.16 bits per heavy atom. The molecule has 11 nitrogen and oxygen atoms in total. The van der Waals surface area contributed by atoms with E-state index >= 15 is 0 Å². The van der Waals surface area contributed by atoms with Gasteiger partial charge in [0.1, 0.15) is 6.29 Å². The Bertz CT molecular complexity index is 1230. The smallest absolute Gasteiger partial charge is 0.305 e. The van der Waals surface area contributed by atoms with E-state index in [1.165, 1.54) is 31.3 Å². The van der Waals surface area contributed by atoms with Crippen LogP contribution in [0, 0.1) is 0 Å². The third kappa shape index (κ3) is 4.74. The van der Waals surface area contributed by atoms with E-state index in [0.29, 0.717) is 11.2 Å². The van der Waals surface area contributed by atoms with Crippen LogP contribution in [-0.4, -0.2) is 61.5 Å². The minimum Gasteiger partial charge on any atom is -0.481 e. The summed E-state index contributed by atoms with van der Waals surface area (Å²) < 4.78 is 27.6. The summed E-state index contributed by atoms with van der Waals surface area (Å²) in [5.41, 5.74) is 0.128. The van der Waals surface area contributed by atoms with Crippen molar-refractivity contribution in [2.24, 2.45) is 0 Å². The van der Waals surface area contributed by atoms with Crippen molar-refractivity contribution < 1.29 is 37.5 Å². The second-order valence-electron chi connectivity index (χ2n) is 6.78. The molecule has 3 amide bonds. The molecule has 0 aliphatic carbocycles. The molecular weight excluding hydrogens is 462 g/mol. The molecule has 0 fully saturated rings. The number of thiophene rings is 1. The molecule has 1 atom stereocenters. The minimum absolute atomic E-state index is 0.00143. The summed E-state index contributed by atoms with van der Waals surface area (Å²) in [5.74, 6) is -3.00. The maximum absolute atomic E-state index is 12.6. The number of nitrogens with zero attached hydrogens (tertiary/aromatic N) is 1. The lowest BCUT2D eigenvalue weighted by Crippen LogP contribution is -2.37. The van der Waals surface area contributed by atoms with Gasteiger partial charge in [0.25, 0.3) is 17.7 Å². The third-order valence-corrected chi connectivity index (χ3v) is 7.05. The van der Waals surface area contributed by atoms with Gasteiger partial charge in [0, 0.05) is 18.5 Å². The lowest BCUT2D eigenvalue weighted by Gasteiger charge is -2.09. The zero-order valence-corrected chi connectivity index (χ0v) is 18.2. The largest absolute Gasteiger partial charge is 0.481 e. The van der Waals surface area contributed by atoms with E-state index in [9.17, 15) is 32.4 Å². The number of hydrogen-bond acceptors (Lipinski definition) is 8. The van der Waals surface area contributed by atoms with Crippen LogP contribution in [0.2, 0.25) is 0 Å². The number of aliphatic carboxylic acids is 1. The van der Waals surface area contributed by atoms with Crippen molar-refractivity contribution in [2.75, 3.05) is 7.05 Å². The fourth-order valence-corrected chi connectivity index (χ4v) is 4.89. The zero-order valence-electron chi connectivity index (χ0n) is 16.5. The van der Waals surface area contributed by atoms with Gasteiger partial charge in [-0.3, -0.25) is 24.1 Å². The zero-order chi connectivity index (χ0) is 23.6.